The number of hydrogen-bond donors (Lipinski definition) is 0. The molecule has 0 radical (unpaired) electrons. The highest BCUT2D eigenvalue weighted by Crippen LogP contribution is 2.30. The number of fused-ring (bicyclic) bond motifs is 1. The van der Waals surface area contributed by atoms with Crippen molar-refractivity contribution < 1.29 is 4.74 Å². The Morgan fingerprint density at radius 3 is 2.54 bits per heavy atom. The Hall–Kier alpha value is -2.20. The number of pyridine rings is 2. The average molecular weight is 351 g/mol. The van der Waals surface area contributed by atoms with Gasteiger partial charge >= 0.3 is 0 Å². The molecule has 3 aromatic heterocycles. The highest BCUT2D eigenvalue weighted by atomic mass is 16.5. The first-order valence-electron chi connectivity index (χ1n) is 9.42. The maximum Gasteiger partial charge on any atom is 0.0917 e. The molecule has 4 heteroatoms. The van der Waals surface area contributed by atoms with Crippen LogP contribution in [0.4, 0.5) is 0 Å². The molecule has 138 valence electrons. The van der Waals surface area contributed by atoms with E-state index in [1.807, 2.05) is 0 Å². The molecule has 0 unspecified atom stereocenters. The van der Waals surface area contributed by atoms with Crippen molar-refractivity contribution in [3.63, 3.8) is 0 Å². The van der Waals surface area contributed by atoms with Crippen LogP contribution in [0.2, 0.25) is 0 Å². The fraction of sp³-hybridized carbons (Fsp3) is 0.455. The normalized spacial score (nSPS) is 11.7. The van der Waals surface area contributed by atoms with Gasteiger partial charge in [-0.3, -0.25) is 4.98 Å². The second-order valence-electron chi connectivity index (χ2n) is 7.26. The summed E-state index contributed by atoms with van der Waals surface area (Å²) >= 11 is 0. The van der Waals surface area contributed by atoms with E-state index in [1.165, 1.54) is 16.6 Å². The van der Waals surface area contributed by atoms with E-state index in [2.05, 4.69) is 63.6 Å². The Labute approximate surface area is 156 Å². The summed E-state index contributed by atoms with van der Waals surface area (Å²) in [6.45, 7) is 12.3. The van der Waals surface area contributed by atoms with E-state index < -0.39 is 0 Å². The Kier molecular flexibility index (Phi) is 5.42. The first kappa shape index (κ1) is 18.6. The van der Waals surface area contributed by atoms with Crippen molar-refractivity contribution in [2.45, 2.75) is 53.5 Å². The molecule has 0 aliphatic rings. The summed E-state index contributed by atoms with van der Waals surface area (Å²) in [5.41, 5.74) is 9.09. The van der Waals surface area contributed by atoms with E-state index in [-0.39, 0.29) is 0 Å². The van der Waals surface area contributed by atoms with E-state index in [4.69, 9.17) is 14.7 Å². The Morgan fingerprint density at radius 2 is 1.88 bits per heavy atom. The zero-order valence-corrected chi connectivity index (χ0v) is 16.8. The minimum absolute atomic E-state index is 0.433. The Bertz CT molecular complexity index is 925. The molecular weight excluding hydrogens is 322 g/mol. The standard InChI is InChI=1S/C22H29N3O/c1-7-18-17(8-9-19(23-18)14(2)3)21-15(4)12-20-22(24-21)16(5)13-25(20)10-11-26-6/h8-9,12-14H,7,10-11H2,1-6H3. The Morgan fingerprint density at radius 1 is 1.12 bits per heavy atom. The minimum atomic E-state index is 0.433. The second-order valence-corrected chi connectivity index (χ2v) is 7.26. The molecule has 26 heavy (non-hydrogen) atoms. The van der Waals surface area contributed by atoms with Crippen LogP contribution >= 0.6 is 0 Å². The highest BCUT2D eigenvalue weighted by Gasteiger charge is 2.15. The molecule has 0 spiro atoms. The lowest BCUT2D eigenvalue weighted by Gasteiger charge is -2.14. The molecule has 0 amide bonds. The third-order valence-electron chi connectivity index (χ3n) is 4.94. The third-order valence-corrected chi connectivity index (χ3v) is 4.94. The monoisotopic (exact) mass is 351 g/mol. The molecule has 0 saturated carbocycles. The van der Waals surface area contributed by atoms with Crippen LogP contribution < -0.4 is 0 Å². The van der Waals surface area contributed by atoms with E-state index in [0.29, 0.717) is 12.5 Å². The van der Waals surface area contributed by atoms with Crippen LogP contribution in [0.1, 0.15) is 49.2 Å². The summed E-state index contributed by atoms with van der Waals surface area (Å²) in [5, 5.41) is 0. The van der Waals surface area contributed by atoms with E-state index in [1.54, 1.807) is 7.11 Å². The molecule has 0 bridgehead atoms. The van der Waals surface area contributed by atoms with Crippen molar-refractivity contribution in [1.29, 1.82) is 0 Å². The van der Waals surface area contributed by atoms with Crippen LogP contribution in [0, 0.1) is 13.8 Å². The molecule has 0 atom stereocenters. The quantitative estimate of drug-likeness (QED) is 0.624. The van der Waals surface area contributed by atoms with Gasteiger partial charge in [-0.25, -0.2) is 4.98 Å². The highest BCUT2D eigenvalue weighted by molar-refractivity contribution is 5.84. The van der Waals surface area contributed by atoms with Crippen molar-refractivity contribution in [1.82, 2.24) is 14.5 Å². The molecule has 0 aliphatic carbocycles. The summed E-state index contributed by atoms with van der Waals surface area (Å²) in [5.74, 6) is 0.433. The van der Waals surface area contributed by atoms with Crippen LogP contribution in [-0.2, 0) is 17.7 Å². The Balaban J connectivity index is 2.14. The smallest absolute Gasteiger partial charge is 0.0917 e. The summed E-state index contributed by atoms with van der Waals surface area (Å²) in [6.07, 6.45) is 3.07. The topological polar surface area (TPSA) is 39.9 Å². The van der Waals surface area contributed by atoms with Crippen molar-refractivity contribution in [3.05, 3.63) is 46.9 Å². The van der Waals surface area contributed by atoms with Gasteiger partial charge in [0.15, 0.2) is 0 Å². The number of aromatic nitrogens is 3. The predicted octanol–water partition coefficient (Wildman–Crippen LogP) is 5.05. The zero-order chi connectivity index (χ0) is 18.8. The molecule has 3 heterocycles. The number of ether oxygens (including phenoxy) is 1. The predicted molar refractivity (Wildman–Crippen MR) is 108 cm³/mol. The largest absolute Gasteiger partial charge is 0.383 e. The summed E-state index contributed by atoms with van der Waals surface area (Å²) in [4.78, 5) is 9.95. The van der Waals surface area contributed by atoms with Crippen molar-refractivity contribution >= 4 is 11.0 Å². The lowest BCUT2D eigenvalue weighted by Crippen LogP contribution is -2.04. The third kappa shape index (κ3) is 3.38. The van der Waals surface area contributed by atoms with E-state index in [0.717, 1.165) is 41.1 Å². The van der Waals surface area contributed by atoms with Crippen molar-refractivity contribution in [3.8, 4) is 11.3 Å². The van der Waals surface area contributed by atoms with E-state index in [9.17, 15) is 0 Å². The number of rotatable bonds is 6. The zero-order valence-electron chi connectivity index (χ0n) is 16.8. The van der Waals surface area contributed by atoms with Gasteiger partial charge in [0.2, 0.25) is 0 Å². The molecule has 0 aromatic carbocycles. The molecule has 0 fully saturated rings. The minimum Gasteiger partial charge on any atom is -0.383 e. The van der Waals surface area contributed by atoms with Gasteiger partial charge in [-0.1, -0.05) is 20.8 Å². The second kappa shape index (κ2) is 7.58. The van der Waals surface area contributed by atoms with Crippen molar-refractivity contribution in [2.24, 2.45) is 0 Å². The number of nitrogens with zero attached hydrogens (tertiary/aromatic N) is 3. The fourth-order valence-corrected chi connectivity index (χ4v) is 3.44. The number of methoxy groups -OCH3 is 1. The average Bonchev–Trinajstić information content (AvgIpc) is 2.93. The van der Waals surface area contributed by atoms with Crippen molar-refractivity contribution in [2.75, 3.05) is 13.7 Å². The molecule has 3 aromatic rings. The van der Waals surface area contributed by atoms with E-state index >= 15 is 0 Å². The van der Waals surface area contributed by atoms with Gasteiger partial charge in [0.05, 0.1) is 23.3 Å². The SMILES string of the molecule is CCc1nc(C(C)C)ccc1-c1nc2c(C)cn(CCOC)c2cc1C. The van der Waals surface area contributed by atoms with Gasteiger partial charge in [0.1, 0.15) is 0 Å². The van der Waals surface area contributed by atoms with Crippen LogP contribution in [0.25, 0.3) is 22.3 Å². The lowest BCUT2D eigenvalue weighted by atomic mass is 10.0. The molecule has 4 nitrogen and oxygen atoms in total. The van der Waals surface area contributed by atoms with Crippen LogP contribution in [0.3, 0.4) is 0 Å². The van der Waals surface area contributed by atoms with Gasteiger partial charge in [0, 0.05) is 36.8 Å². The van der Waals surface area contributed by atoms with Gasteiger partial charge in [-0.15, -0.1) is 0 Å². The van der Waals surface area contributed by atoms with Crippen LogP contribution in [-0.4, -0.2) is 28.3 Å². The first-order chi connectivity index (χ1) is 12.5. The van der Waals surface area contributed by atoms with Gasteiger partial charge in [-0.05, 0) is 55.5 Å². The first-order valence-corrected chi connectivity index (χ1v) is 9.42. The molecule has 0 saturated heterocycles. The van der Waals surface area contributed by atoms with Gasteiger partial charge in [-0.2, -0.15) is 0 Å². The lowest BCUT2D eigenvalue weighted by molar-refractivity contribution is 0.188. The summed E-state index contributed by atoms with van der Waals surface area (Å²) in [7, 11) is 1.74. The van der Waals surface area contributed by atoms with Gasteiger partial charge < -0.3 is 9.30 Å². The fourth-order valence-electron chi connectivity index (χ4n) is 3.44. The molecule has 0 N–H and O–H groups in total. The maximum atomic E-state index is 5.24. The summed E-state index contributed by atoms with van der Waals surface area (Å²) < 4.78 is 7.47. The summed E-state index contributed by atoms with van der Waals surface area (Å²) in [6, 6.07) is 6.58. The van der Waals surface area contributed by atoms with Crippen LogP contribution in [0.5, 0.6) is 0 Å². The van der Waals surface area contributed by atoms with Gasteiger partial charge in [0.25, 0.3) is 0 Å². The molecule has 0 aliphatic heterocycles. The number of hydrogen-bond acceptors (Lipinski definition) is 3. The van der Waals surface area contributed by atoms with Crippen LogP contribution in [0.15, 0.2) is 24.4 Å². The number of aryl methyl sites for hydroxylation is 3. The molecular formula is C22H29N3O. The maximum absolute atomic E-state index is 5.24. The molecule has 3 rings (SSSR count).